The van der Waals surface area contributed by atoms with Crippen molar-refractivity contribution in [2.24, 2.45) is 0 Å². The molecule has 46 heavy (non-hydrogen) atoms. The Morgan fingerprint density at radius 2 is 0.804 bits per heavy atom. The first-order valence-electron chi connectivity index (χ1n) is 16.3. The molecule has 0 aromatic heterocycles. The summed E-state index contributed by atoms with van der Waals surface area (Å²) in [6.07, 6.45) is 0. The maximum atomic E-state index is 9.79. The van der Waals surface area contributed by atoms with Crippen molar-refractivity contribution in [3.05, 3.63) is 115 Å². The lowest BCUT2D eigenvalue weighted by Gasteiger charge is -2.10. The Bertz CT molecular complexity index is 1660. The highest BCUT2D eigenvalue weighted by molar-refractivity contribution is 5.92. The van der Waals surface area contributed by atoms with Gasteiger partial charge in [-0.05, 0) is 70.1 Å². The van der Waals surface area contributed by atoms with Crippen molar-refractivity contribution in [2.45, 2.75) is 75.2 Å². The van der Waals surface area contributed by atoms with Crippen molar-refractivity contribution in [3.8, 4) is 28.7 Å². The van der Waals surface area contributed by atoms with Crippen molar-refractivity contribution in [1.82, 2.24) is 0 Å². The summed E-state index contributed by atoms with van der Waals surface area (Å²) in [5.41, 5.74) is 0.910. The van der Waals surface area contributed by atoms with Crippen LogP contribution in [0.25, 0.3) is 32.3 Å². The van der Waals surface area contributed by atoms with Gasteiger partial charge in [0.15, 0.2) is 0 Å². The topological polar surface area (TPSA) is 101 Å². The number of fused-ring (bicyclic) bond motifs is 3. The minimum Gasteiger partial charge on any atom is -0.508 e. The van der Waals surface area contributed by atoms with Crippen LogP contribution in [0.2, 0.25) is 0 Å². The fourth-order valence-corrected chi connectivity index (χ4v) is 4.24. The summed E-state index contributed by atoms with van der Waals surface area (Å²) < 4.78 is 0. The maximum absolute atomic E-state index is 9.79. The van der Waals surface area contributed by atoms with Crippen molar-refractivity contribution < 1.29 is 25.5 Å². The van der Waals surface area contributed by atoms with Crippen LogP contribution in [0.4, 0.5) is 0 Å². The van der Waals surface area contributed by atoms with Crippen molar-refractivity contribution >= 4 is 32.3 Å². The van der Waals surface area contributed by atoms with Crippen LogP contribution in [0.1, 0.15) is 80.7 Å². The quantitative estimate of drug-likeness (QED) is 0.125. The van der Waals surface area contributed by atoms with Gasteiger partial charge in [-0.15, -0.1) is 0 Å². The SMILES string of the molecule is CC.CC.CC.CC.CC(C)c1cc2cc(O)ccc2cc1O.Oc1cccc2c(O)cccc12.Oc1cccc2ccccc12. The van der Waals surface area contributed by atoms with E-state index in [1.165, 1.54) is 0 Å². The van der Waals surface area contributed by atoms with E-state index in [9.17, 15) is 25.5 Å². The molecule has 5 heteroatoms. The molecule has 0 amide bonds. The number of hydrogen-bond donors (Lipinski definition) is 5. The van der Waals surface area contributed by atoms with Gasteiger partial charge in [-0.25, -0.2) is 0 Å². The Labute approximate surface area is 276 Å². The minimum atomic E-state index is 0.198. The summed E-state index contributed by atoms with van der Waals surface area (Å²) in [5, 5.41) is 52.5. The largest absolute Gasteiger partial charge is 0.508 e. The Morgan fingerprint density at radius 3 is 1.30 bits per heavy atom. The van der Waals surface area contributed by atoms with Crippen LogP contribution in [0.5, 0.6) is 28.7 Å². The molecule has 248 valence electrons. The van der Waals surface area contributed by atoms with Crippen molar-refractivity contribution in [3.63, 3.8) is 0 Å². The zero-order chi connectivity index (χ0) is 35.2. The lowest BCUT2D eigenvalue weighted by atomic mass is 9.98. The molecule has 0 atom stereocenters. The van der Waals surface area contributed by atoms with Gasteiger partial charge in [-0.1, -0.05) is 136 Å². The van der Waals surface area contributed by atoms with Crippen LogP contribution >= 0.6 is 0 Å². The summed E-state index contributed by atoms with van der Waals surface area (Å²) in [6, 6.07) is 32.2. The summed E-state index contributed by atoms with van der Waals surface area (Å²) in [5.74, 6) is 1.60. The van der Waals surface area contributed by atoms with Crippen LogP contribution in [0, 0.1) is 0 Å². The third-order valence-corrected chi connectivity index (χ3v) is 6.23. The van der Waals surface area contributed by atoms with E-state index in [-0.39, 0.29) is 23.2 Å². The zero-order valence-corrected chi connectivity index (χ0v) is 29.2. The van der Waals surface area contributed by atoms with Gasteiger partial charge in [0.2, 0.25) is 0 Å². The lowest BCUT2D eigenvalue weighted by Crippen LogP contribution is -1.88. The summed E-state index contributed by atoms with van der Waals surface area (Å²) in [6.45, 7) is 20.1. The number of aromatic hydroxyl groups is 5. The van der Waals surface area contributed by atoms with Crippen LogP contribution < -0.4 is 0 Å². The first-order chi connectivity index (χ1) is 22.2. The average Bonchev–Trinajstić information content (AvgIpc) is 3.10. The second-order valence-corrected chi connectivity index (χ2v) is 9.24. The lowest BCUT2D eigenvalue weighted by molar-refractivity contribution is 0.465. The second-order valence-electron chi connectivity index (χ2n) is 9.24. The monoisotopic (exact) mass is 626 g/mol. The van der Waals surface area contributed by atoms with Gasteiger partial charge in [-0.3, -0.25) is 0 Å². The van der Waals surface area contributed by atoms with Gasteiger partial charge in [-0.2, -0.15) is 0 Å². The molecule has 5 N–H and O–H groups in total. The van der Waals surface area contributed by atoms with Gasteiger partial charge >= 0.3 is 0 Å². The normalized spacial score (nSPS) is 9.28. The third kappa shape index (κ3) is 11.9. The first kappa shape index (κ1) is 41.1. The molecule has 0 spiro atoms. The van der Waals surface area contributed by atoms with Crippen LogP contribution in [-0.2, 0) is 0 Å². The van der Waals surface area contributed by atoms with Crippen molar-refractivity contribution in [1.29, 1.82) is 0 Å². The number of rotatable bonds is 1. The molecule has 0 bridgehead atoms. The van der Waals surface area contributed by atoms with E-state index in [0.29, 0.717) is 22.3 Å². The number of hydrogen-bond acceptors (Lipinski definition) is 5. The molecule has 0 aliphatic rings. The second kappa shape index (κ2) is 22.6. The van der Waals surface area contributed by atoms with Gasteiger partial charge in [0.05, 0.1) is 0 Å². The Kier molecular flexibility index (Phi) is 20.2. The van der Waals surface area contributed by atoms with E-state index >= 15 is 0 Å². The van der Waals surface area contributed by atoms with E-state index < -0.39 is 0 Å². The van der Waals surface area contributed by atoms with E-state index in [1.54, 1.807) is 66.7 Å². The predicted molar refractivity (Wildman–Crippen MR) is 200 cm³/mol. The standard InChI is InChI=1S/C13H14O2.C10H8O2.C10H8O.4C2H6/c1-8(2)12-6-10-5-11(14)4-3-9(10)7-13(12)15;11-9-5-1-3-7-8(9)4-2-6-10(7)12;11-10-7-3-5-8-4-1-2-6-9(8)10;4*1-2/h3-8,14-15H,1-2H3;1-6,11-12H;1-7,11H;4*1-2H3. The maximum Gasteiger partial charge on any atom is 0.123 e. The average molecular weight is 627 g/mol. The van der Waals surface area contributed by atoms with Crippen LogP contribution in [0.15, 0.2) is 109 Å². The first-order valence-corrected chi connectivity index (χ1v) is 16.3. The smallest absolute Gasteiger partial charge is 0.123 e. The molecule has 5 nitrogen and oxygen atoms in total. The third-order valence-electron chi connectivity index (χ3n) is 6.23. The molecule has 0 fully saturated rings. The Balaban J connectivity index is 0.000000600. The van der Waals surface area contributed by atoms with Gasteiger partial charge in [0, 0.05) is 16.2 Å². The highest BCUT2D eigenvalue weighted by Crippen LogP contribution is 2.32. The Morgan fingerprint density at radius 1 is 0.370 bits per heavy atom. The fourth-order valence-electron chi connectivity index (χ4n) is 4.24. The molecular formula is C41H54O5. The zero-order valence-electron chi connectivity index (χ0n) is 29.2. The molecule has 6 rings (SSSR count). The summed E-state index contributed by atoms with van der Waals surface area (Å²) >= 11 is 0. The van der Waals surface area contributed by atoms with Gasteiger partial charge in [0.25, 0.3) is 0 Å². The molecule has 0 unspecified atom stereocenters. The number of phenolic OH excluding ortho intramolecular Hbond substituents is 5. The molecular weight excluding hydrogens is 572 g/mol. The molecule has 0 radical (unpaired) electrons. The number of benzene rings is 6. The Hall–Kier alpha value is -4.90. The van der Waals surface area contributed by atoms with E-state index in [4.69, 9.17) is 0 Å². The number of phenols is 5. The summed E-state index contributed by atoms with van der Waals surface area (Å²) in [4.78, 5) is 0. The fraction of sp³-hybridized carbons (Fsp3) is 0.268. The predicted octanol–water partition coefficient (Wildman–Crippen LogP) is 12.3. The minimum absolute atomic E-state index is 0.198. The highest BCUT2D eigenvalue weighted by Gasteiger charge is 2.07. The molecule has 0 aliphatic carbocycles. The molecule has 0 heterocycles. The summed E-state index contributed by atoms with van der Waals surface area (Å²) in [7, 11) is 0. The van der Waals surface area contributed by atoms with E-state index in [0.717, 1.165) is 27.1 Å². The molecule has 6 aromatic carbocycles. The van der Waals surface area contributed by atoms with Crippen LogP contribution in [0.3, 0.4) is 0 Å². The highest BCUT2D eigenvalue weighted by atomic mass is 16.3. The van der Waals surface area contributed by atoms with E-state index in [2.05, 4.69) is 0 Å². The molecule has 0 saturated heterocycles. The van der Waals surface area contributed by atoms with E-state index in [1.807, 2.05) is 112 Å². The van der Waals surface area contributed by atoms with Crippen molar-refractivity contribution in [2.75, 3.05) is 0 Å². The molecule has 0 aliphatic heterocycles. The molecule has 0 saturated carbocycles. The van der Waals surface area contributed by atoms with Gasteiger partial charge in [0.1, 0.15) is 28.7 Å². The van der Waals surface area contributed by atoms with Gasteiger partial charge < -0.3 is 25.5 Å². The van der Waals surface area contributed by atoms with Crippen LogP contribution in [-0.4, -0.2) is 25.5 Å². The molecule has 6 aromatic rings.